The van der Waals surface area contributed by atoms with E-state index in [1.54, 1.807) is 14.9 Å². The minimum atomic E-state index is -0.197. The van der Waals surface area contributed by atoms with Gasteiger partial charge in [0.15, 0.2) is 5.78 Å². The standard InChI is InChI=1S/C5H8BNO2/c1-3-4(8)2-5(9)7(3)6/h3H,2,6H2,1H3. The topological polar surface area (TPSA) is 37.4 Å². The van der Waals surface area contributed by atoms with Gasteiger partial charge < -0.3 is 4.81 Å². The first kappa shape index (κ1) is 6.33. The Morgan fingerprint density at radius 2 is 2.22 bits per heavy atom. The van der Waals surface area contributed by atoms with Crippen LogP contribution in [-0.2, 0) is 9.59 Å². The summed E-state index contributed by atoms with van der Waals surface area (Å²) in [7, 11) is 1.65. The van der Waals surface area contributed by atoms with Crippen molar-refractivity contribution in [2.24, 2.45) is 0 Å². The lowest BCUT2D eigenvalue weighted by Crippen LogP contribution is -2.30. The lowest BCUT2D eigenvalue weighted by molar-refractivity contribution is -0.124. The Bertz CT molecular complexity index is 150. The molecule has 1 atom stereocenters. The van der Waals surface area contributed by atoms with Crippen LogP contribution in [0.2, 0.25) is 0 Å². The number of hydrogen-bond acceptors (Lipinski definition) is 2. The van der Waals surface area contributed by atoms with E-state index in [0.29, 0.717) is 0 Å². The number of Topliss-reactive ketones (excluding diaryl/α,β-unsaturated/α-hetero) is 1. The molecule has 1 rings (SSSR count). The maximum atomic E-state index is 10.7. The van der Waals surface area contributed by atoms with Crippen molar-refractivity contribution in [1.82, 2.24) is 4.81 Å². The molecular weight excluding hydrogens is 117 g/mol. The van der Waals surface area contributed by atoms with Crippen molar-refractivity contribution in [2.75, 3.05) is 0 Å². The van der Waals surface area contributed by atoms with Crippen LogP contribution in [0.5, 0.6) is 0 Å². The SMILES string of the molecule is BN1C(=O)CC(=O)C1C. The molecule has 0 N–H and O–H groups in total. The highest BCUT2D eigenvalue weighted by molar-refractivity contribution is 6.23. The monoisotopic (exact) mass is 125 g/mol. The molecule has 0 aromatic heterocycles. The van der Waals surface area contributed by atoms with Gasteiger partial charge in [-0.1, -0.05) is 0 Å². The van der Waals surface area contributed by atoms with Gasteiger partial charge in [0.25, 0.3) is 0 Å². The maximum Gasteiger partial charge on any atom is 0.222 e. The number of nitrogens with zero attached hydrogens (tertiary/aromatic N) is 1. The van der Waals surface area contributed by atoms with Crippen LogP contribution >= 0.6 is 0 Å². The predicted molar refractivity (Wildman–Crippen MR) is 34.5 cm³/mol. The van der Waals surface area contributed by atoms with Gasteiger partial charge in [-0.25, -0.2) is 0 Å². The summed E-state index contributed by atoms with van der Waals surface area (Å²) in [5, 5.41) is 0. The van der Waals surface area contributed by atoms with E-state index in [-0.39, 0.29) is 24.2 Å². The molecule has 1 heterocycles. The van der Waals surface area contributed by atoms with E-state index >= 15 is 0 Å². The highest BCUT2D eigenvalue weighted by Crippen LogP contribution is 2.10. The fourth-order valence-electron chi connectivity index (χ4n) is 0.853. The summed E-state index contributed by atoms with van der Waals surface area (Å²) in [5.41, 5.74) is 0. The third-order valence-electron chi connectivity index (χ3n) is 1.77. The van der Waals surface area contributed by atoms with Crippen molar-refractivity contribution in [3.05, 3.63) is 0 Å². The second-order valence-corrected chi connectivity index (χ2v) is 2.32. The van der Waals surface area contributed by atoms with Crippen LogP contribution in [0.25, 0.3) is 0 Å². The molecule has 9 heavy (non-hydrogen) atoms. The molecule has 0 aromatic carbocycles. The van der Waals surface area contributed by atoms with Gasteiger partial charge in [-0.3, -0.25) is 9.59 Å². The summed E-state index contributed by atoms with van der Waals surface area (Å²) in [4.78, 5) is 22.9. The van der Waals surface area contributed by atoms with Crippen molar-refractivity contribution in [2.45, 2.75) is 19.4 Å². The van der Waals surface area contributed by atoms with Crippen LogP contribution in [0.4, 0.5) is 0 Å². The number of carbonyl (C=O) groups excluding carboxylic acids is 2. The molecule has 0 radical (unpaired) electrons. The van der Waals surface area contributed by atoms with Gasteiger partial charge in [0.2, 0.25) is 13.9 Å². The van der Waals surface area contributed by atoms with Gasteiger partial charge in [0.05, 0.1) is 12.5 Å². The summed E-state index contributed by atoms with van der Waals surface area (Å²) in [6.45, 7) is 1.74. The zero-order valence-electron chi connectivity index (χ0n) is 5.55. The maximum absolute atomic E-state index is 10.7. The first-order chi connectivity index (χ1) is 4.13. The smallest absolute Gasteiger partial charge is 0.222 e. The van der Waals surface area contributed by atoms with Crippen LogP contribution in [0.1, 0.15) is 13.3 Å². The zero-order valence-corrected chi connectivity index (χ0v) is 5.55. The normalized spacial score (nSPS) is 27.7. The first-order valence-corrected chi connectivity index (χ1v) is 2.91. The molecule has 1 amide bonds. The molecule has 3 nitrogen and oxygen atoms in total. The minimum absolute atomic E-state index is 0.0301. The molecule has 4 heteroatoms. The summed E-state index contributed by atoms with van der Waals surface area (Å²) in [5.74, 6) is -0.0324. The second-order valence-electron chi connectivity index (χ2n) is 2.32. The molecule has 1 aliphatic heterocycles. The van der Waals surface area contributed by atoms with Crippen molar-refractivity contribution >= 4 is 19.7 Å². The lowest BCUT2D eigenvalue weighted by atomic mass is 10.2. The van der Waals surface area contributed by atoms with E-state index in [4.69, 9.17) is 0 Å². The Balaban J connectivity index is 2.77. The second kappa shape index (κ2) is 1.86. The van der Waals surface area contributed by atoms with E-state index in [1.807, 2.05) is 0 Å². The van der Waals surface area contributed by atoms with Crippen LogP contribution in [0.3, 0.4) is 0 Å². The number of carbonyl (C=O) groups is 2. The molecule has 1 fully saturated rings. The van der Waals surface area contributed by atoms with Crippen molar-refractivity contribution < 1.29 is 9.59 Å². The van der Waals surface area contributed by atoms with Crippen LogP contribution in [-0.4, -0.2) is 30.5 Å². The number of hydrogen-bond donors (Lipinski definition) is 0. The van der Waals surface area contributed by atoms with Crippen LogP contribution < -0.4 is 0 Å². The zero-order chi connectivity index (χ0) is 7.02. The Labute approximate surface area is 54.5 Å². The third kappa shape index (κ3) is 0.844. The molecule has 0 aromatic rings. The Hall–Kier alpha value is -0.795. The third-order valence-corrected chi connectivity index (χ3v) is 1.77. The van der Waals surface area contributed by atoms with E-state index in [9.17, 15) is 9.59 Å². The largest absolute Gasteiger partial charge is 0.384 e. The van der Waals surface area contributed by atoms with E-state index in [0.717, 1.165) is 0 Å². The fraction of sp³-hybridized carbons (Fsp3) is 0.600. The molecular formula is C5H8BNO2. The van der Waals surface area contributed by atoms with E-state index in [1.165, 1.54) is 4.81 Å². The fourth-order valence-corrected chi connectivity index (χ4v) is 0.853. The lowest BCUT2D eigenvalue weighted by Gasteiger charge is -2.12. The predicted octanol–water partition coefficient (Wildman–Crippen LogP) is -1.28. The van der Waals surface area contributed by atoms with Crippen molar-refractivity contribution in [1.29, 1.82) is 0 Å². The van der Waals surface area contributed by atoms with Crippen molar-refractivity contribution in [3.63, 3.8) is 0 Å². The van der Waals surface area contributed by atoms with E-state index < -0.39 is 0 Å². The summed E-state index contributed by atoms with van der Waals surface area (Å²) in [6.07, 6.45) is 0.0949. The van der Waals surface area contributed by atoms with Gasteiger partial charge in [0.1, 0.15) is 0 Å². The van der Waals surface area contributed by atoms with Gasteiger partial charge in [-0.05, 0) is 6.92 Å². The van der Waals surface area contributed by atoms with Crippen molar-refractivity contribution in [3.8, 4) is 0 Å². The Morgan fingerprint density at radius 1 is 1.67 bits per heavy atom. The quantitative estimate of drug-likeness (QED) is 0.299. The van der Waals surface area contributed by atoms with Gasteiger partial charge in [0, 0.05) is 0 Å². The van der Waals surface area contributed by atoms with Crippen LogP contribution in [0.15, 0.2) is 0 Å². The Kier molecular flexibility index (Phi) is 1.31. The summed E-state index contributed by atoms with van der Waals surface area (Å²) >= 11 is 0. The Morgan fingerprint density at radius 3 is 2.33 bits per heavy atom. The molecule has 0 aliphatic carbocycles. The molecule has 0 bridgehead atoms. The molecule has 1 unspecified atom stereocenters. The highest BCUT2D eigenvalue weighted by atomic mass is 16.2. The van der Waals surface area contributed by atoms with Gasteiger partial charge in [-0.2, -0.15) is 0 Å². The summed E-state index contributed by atoms with van der Waals surface area (Å²) < 4.78 is 0. The van der Waals surface area contributed by atoms with Crippen LogP contribution in [0, 0.1) is 0 Å². The van der Waals surface area contributed by atoms with Gasteiger partial charge in [-0.15, -0.1) is 0 Å². The number of rotatable bonds is 0. The molecule has 0 spiro atoms. The number of ketones is 1. The highest BCUT2D eigenvalue weighted by Gasteiger charge is 2.30. The first-order valence-electron chi connectivity index (χ1n) is 2.91. The summed E-state index contributed by atoms with van der Waals surface area (Å²) in [6, 6.07) is -0.197. The van der Waals surface area contributed by atoms with Gasteiger partial charge >= 0.3 is 0 Å². The van der Waals surface area contributed by atoms with E-state index in [2.05, 4.69) is 0 Å². The molecule has 1 aliphatic rings. The molecule has 0 saturated carbocycles. The minimum Gasteiger partial charge on any atom is -0.384 e. The molecule has 48 valence electrons. The average molecular weight is 125 g/mol. The molecule has 1 saturated heterocycles. The number of amides is 1. The average Bonchev–Trinajstić information content (AvgIpc) is 1.98.